The van der Waals surface area contributed by atoms with Crippen molar-refractivity contribution in [2.45, 2.75) is 39.3 Å². The van der Waals surface area contributed by atoms with Crippen LogP contribution in [0.4, 0.5) is 0 Å². The van der Waals surface area contributed by atoms with Crippen LogP contribution in [0.5, 0.6) is 0 Å². The quantitative estimate of drug-likeness (QED) is 0.740. The van der Waals surface area contributed by atoms with Crippen LogP contribution in [0.1, 0.15) is 24.2 Å². The van der Waals surface area contributed by atoms with E-state index in [1.165, 1.54) is 0 Å². The third-order valence-corrected chi connectivity index (χ3v) is 3.46. The van der Waals surface area contributed by atoms with E-state index in [2.05, 4.69) is 15.7 Å². The van der Waals surface area contributed by atoms with Crippen molar-refractivity contribution in [2.24, 2.45) is 0 Å². The van der Waals surface area contributed by atoms with Crippen molar-refractivity contribution < 1.29 is 9.53 Å². The van der Waals surface area contributed by atoms with Crippen molar-refractivity contribution in [1.82, 2.24) is 20.4 Å². The van der Waals surface area contributed by atoms with Crippen LogP contribution in [-0.2, 0) is 16.1 Å². The lowest BCUT2D eigenvalue weighted by molar-refractivity contribution is -0.122. The molecule has 20 heavy (non-hydrogen) atoms. The van der Waals surface area contributed by atoms with Crippen LogP contribution >= 0.6 is 0 Å². The number of aryl methyl sites for hydroxylation is 2. The molecule has 112 valence electrons. The van der Waals surface area contributed by atoms with E-state index in [0.717, 1.165) is 37.3 Å². The summed E-state index contributed by atoms with van der Waals surface area (Å²) in [5.41, 5.74) is 1.94. The Hall–Kier alpha value is -1.40. The number of carbonyl (C=O) groups excluding carboxylic acids is 1. The first-order chi connectivity index (χ1) is 9.65. The first-order valence-corrected chi connectivity index (χ1v) is 7.25. The summed E-state index contributed by atoms with van der Waals surface area (Å²) in [5, 5.41) is 10.4. The van der Waals surface area contributed by atoms with Crippen molar-refractivity contribution in [3.63, 3.8) is 0 Å². The molecule has 1 fully saturated rings. The molecule has 1 aliphatic rings. The van der Waals surface area contributed by atoms with Gasteiger partial charge in [0.1, 0.15) is 6.54 Å². The molecule has 2 rings (SSSR count). The molecular weight excluding hydrogens is 256 g/mol. The van der Waals surface area contributed by atoms with Crippen LogP contribution in [0, 0.1) is 13.8 Å². The summed E-state index contributed by atoms with van der Waals surface area (Å²) in [4.78, 5) is 11.8. The smallest absolute Gasteiger partial charge is 0.241 e. The van der Waals surface area contributed by atoms with Crippen molar-refractivity contribution in [3.8, 4) is 0 Å². The van der Waals surface area contributed by atoms with Crippen LogP contribution in [-0.4, -0.2) is 48.0 Å². The third-order valence-electron chi connectivity index (χ3n) is 3.46. The zero-order chi connectivity index (χ0) is 14.4. The monoisotopic (exact) mass is 280 g/mol. The lowest BCUT2D eigenvalue weighted by atomic mass is 10.1. The molecule has 0 saturated carbocycles. The minimum Gasteiger partial charge on any atom is -0.376 e. The van der Waals surface area contributed by atoms with Gasteiger partial charge >= 0.3 is 0 Å². The summed E-state index contributed by atoms with van der Waals surface area (Å²) in [6, 6.07) is 1.97. The molecule has 1 saturated heterocycles. The standard InChI is InChI=1S/C14H24N4O2/c1-11-9-12(2)18(17-11)10-14(19)16-7-8-20-13-3-5-15-6-4-13/h9,13,15H,3-8,10H2,1-2H3,(H,16,19). The second kappa shape index (κ2) is 7.40. The van der Waals surface area contributed by atoms with Crippen LogP contribution in [0.2, 0.25) is 0 Å². The molecule has 1 aromatic heterocycles. The Morgan fingerprint density at radius 3 is 2.90 bits per heavy atom. The van der Waals surface area contributed by atoms with Crippen molar-refractivity contribution in [2.75, 3.05) is 26.2 Å². The van der Waals surface area contributed by atoms with Gasteiger partial charge < -0.3 is 15.4 Å². The van der Waals surface area contributed by atoms with Gasteiger partial charge in [0.2, 0.25) is 5.91 Å². The maximum absolute atomic E-state index is 11.8. The fourth-order valence-corrected chi connectivity index (χ4v) is 2.41. The van der Waals surface area contributed by atoms with Gasteiger partial charge in [-0.25, -0.2) is 0 Å². The summed E-state index contributed by atoms with van der Waals surface area (Å²) in [6.07, 6.45) is 2.45. The Kier molecular flexibility index (Phi) is 5.55. The zero-order valence-electron chi connectivity index (χ0n) is 12.3. The minimum absolute atomic E-state index is 0.0230. The molecule has 0 spiro atoms. The number of aromatic nitrogens is 2. The molecule has 0 aliphatic carbocycles. The number of amides is 1. The maximum atomic E-state index is 11.8. The fraction of sp³-hybridized carbons (Fsp3) is 0.714. The van der Waals surface area contributed by atoms with E-state index >= 15 is 0 Å². The summed E-state index contributed by atoms with van der Waals surface area (Å²) >= 11 is 0. The van der Waals surface area contributed by atoms with Gasteiger partial charge in [0, 0.05) is 12.2 Å². The highest BCUT2D eigenvalue weighted by atomic mass is 16.5. The Bertz CT molecular complexity index is 438. The topological polar surface area (TPSA) is 68.2 Å². The number of rotatable bonds is 6. The van der Waals surface area contributed by atoms with E-state index in [4.69, 9.17) is 4.74 Å². The second-order valence-corrected chi connectivity index (χ2v) is 5.25. The first-order valence-electron chi connectivity index (χ1n) is 7.25. The van der Waals surface area contributed by atoms with Crippen LogP contribution in [0.3, 0.4) is 0 Å². The van der Waals surface area contributed by atoms with Crippen LogP contribution in [0.15, 0.2) is 6.07 Å². The first kappa shape index (κ1) is 15.0. The maximum Gasteiger partial charge on any atom is 0.241 e. The Morgan fingerprint density at radius 2 is 2.25 bits per heavy atom. The summed E-state index contributed by atoms with van der Waals surface area (Å²) < 4.78 is 7.45. The van der Waals surface area contributed by atoms with Gasteiger partial charge in [-0.2, -0.15) is 5.10 Å². The van der Waals surface area contributed by atoms with E-state index in [9.17, 15) is 4.79 Å². The van der Waals surface area contributed by atoms with Crippen LogP contribution < -0.4 is 10.6 Å². The third kappa shape index (κ3) is 4.61. The molecule has 0 radical (unpaired) electrons. The number of nitrogens with one attached hydrogen (secondary N) is 2. The van der Waals surface area contributed by atoms with E-state index in [1.807, 2.05) is 19.9 Å². The Morgan fingerprint density at radius 1 is 1.50 bits per heavy atom. The van der Waals surface area contributed by atoms with Gasteiger partial charge in [-0.15, -0.1) is 0 Å². The van der Waals surface area contributed by atoms with Gasteiger partial charge in [-0.1, -0.05) is 0 Å². The van der Waals surface area contributed by atoms with Gasteiger partial charge in [-0.3, -0.25) is 9.48 Å². The average molecular weight is 280 g/mol. The molecule has 0 unspecified atom stereocenters. The predicted octanol–water partition coefficient (Wildman–Crippen LogP) is 0.385. The zero-order valence-corrected chi connectivity index (χ0v) is 12.3. The van der Waals surface area contributed by atoms with Crippen molar-refractivity contribution in [3.05, 3.63) is 17.5 Å². The number of hydrogen-bond donors (Lipinski definition) is 2. The van der Waals surface area contributed by atoms with E-state index in [1.54, 1.807) is 4.68 Å². The fourth-order valence-electron chi connectivity index (χ4n) is 2.41. The van der Waals surface area contributed by atoms with Gasteiger partial charge in [0.05, 0.1) is 18.4 Å². The van der Waals surface area contributed by atoms with Gasteiger partial charge in [0.15, 0.2) is 0 Å². The Labute approximate surface area is 119 Å². The highest BCUT2D eigenvalue weighted by Gasteiger charge is 2.13. The highest BCUT2D eigenvalue weighted by Crippen LogP contribution is 2.06. The lowest BCUT2D eigenvalue weighted by Crippen LogP contribution is -2.35. The van der Waals surface area contributed by atoms with E-state index in [0.29, 0.717) is 19.3 Å². The number of nitrogens with zero attached hydrogens (tertiary/aromatic N) is 2. The molecule has 2 heterocycles. The predicted molar refractivity (Wildman–Crippen MR) is 76.6 cm³/mol. The molecule has 0 aromatic carbocycles. The molecule has 0 bridgehead atoms. The number of piperidine rings is 1. The highest BCUT2D eigenvalue weighted by molar-refractivity contribution is 5.75. The molecule has 1 aromatic rings. The normalized spacial score (nSPS) is 16.3. The minimum atomic E-state index is -0.0230. The number of carbonyl (C=O) groups is 1. The molecule has 1 aliphatic heterocycles. The summed E-state index contributed by atoms with van der Waals surface area (Å²) in [6.45, 7) is 7.33. The molecule has 1 amide bonds. The van der Waals surface area contributed by atoms with E-state index < -0.39 is 0 Å². The second-order valence-electron chi connectivity index (χ2n) is 5.25. The van der Waals surface area contributed by atoms with Gasteiger partial charge in [0.25, 0.3) is 0 Å². The largest absolute Gasteiger partial charge is 0.376 e. The number of hydrogen-bond acceptors (Lipinski definition) is 4. The van der Waals surface area contributed by atoms with Crippen molar-refractivity contribution in [1.29, 1.82) is 0 Å². The summed E-state index contributed by atoms with van der Waals surface area (Å²) in [5.74, 6) is -0.0230. The Balaban J connectivity index is 1.61. The summed E-state index contributed by atoms with van der Waals surface area (Å²) in [7, 11) is 0. The molecule has 6 heteroatoms. The molecule has 0 atom stereocenters. The van der Waals surface area contributed by atoms with E-state index in [-0.39, 0.29) is 12.5 Å². The lowest BCUT2D eigenvalue weighted by Gasteiger charge is -2.22. The molecule has 2 N–H and O–H groups in total. The van der Waals surface area contributed by atoms with Crippen LogP contribution in [0.25, 0.3) is 0 Å². The number of ether oxygens (including phenoxy) is 1. The van der Waals surface area contributed by atoms with Gasteiger partial charge in [-0.05, 0) is 45.8 Å². The van der Waals surface area contributed by atoms with Crippen molar-refractivity contribution >= 4 is 5.91 Å². The molecular formula is C14H24N4O2. The molecule has 6 nitrogen and oxygen atoms in total. The SMILES string of the molecule is Cc1cc(C)n(CC(=O)NCCOC2CCNCC2)n1. The average Bonchev–Trinajstić information content (AvgIpc) is 2.74.